The summed E-state index contributed by atoms with van der Waals surface area (Å²) in [6, 6.07) is 12.3. The normalized spacial score (nSPS) is 10.7. The average Bonchev–Trinajstić information content (AvgIpc) is 2.54. The summed E-state index contributed by atoms with van der Waals surface area (Å²) in [5.41, 5.74) is 3.84. The molecule has 0 aliphatic rings. The number of fused-ring (bicyclic) bond motifs is 1. The number of halogens is 1. The van der Waals surface area contributed by atoms with Crippen LogP contribution in [0.15, 0.2) is 47.3 Å². The number of aromatic nitrogens is 1. The average molecular weight is 356 g/mol. The van der Waals surface area contributed by atoms with Crippen LogP contribution in [0, 0.1) is 13.8 Å². The lowest BCUT2D eigenvalue weighted by atomic mass is 10.1. The Morgan fingerprint density at radius 2 is 1.96 bits per heavy atom. The molecule has 3 aromatic rings. The molecule has 0 bridgehead atoms. The van der Waals surface area contributed by atoms with Gasteiger partial charge in [0, 0.05) is 22.8 Å². The van der Waals surface area contributed by atoms with Crippen molar-refractivity contribution in [1.82, 2.24) is 10.3 Å². The van der Waals surface area contributed by atoms with E-state index in [1.165, 1.54) is 0 Å². The number of carbonyl (C=O) groups is 1. The van der Waals surface area contributed by atoms with Crippen molar-refractivity contribution in [2.45, 2.75) is 20.4 Å². The summed E-state index contributed by atoms with van der Waals surface area (Å²) >= 11 is 5.89. The molecule has 5 nitrogen and oxygen atoms in total. The number of urea groups is 1. The molecular weight excluding hydrogens is 338 g/mol. The maximum absolute atomic E-state index is 12.2. The van der Waals surface area contributed by atoms with Gasteiger partial charge in [0.25, 0.3) is 5.56 Å². The van der Waals surface area contributed by atoms with E-state index in [2.05, 4.69) is 15.6 Å². The zero-order valence-electron chi connectivity index (χ0n) is 13.9. The Labute approximate surface area is 150 Å². The summed E-state index contributed by atoms with van der Waals surface area (Å²) in [6.07, 6.45) is 0. The number of amides is 2. The van der Waals surface area contributed by atoms with Gasteiger partial charge < -0.3 is 15.6 Å². The van der Waals surface area contributed by atoms with E-state index >= 15 is 0 Å². The van der Waals surface area contributed by atoms with Gasteiger partial charge in [-0.25, -0.2) is 4.79 Å². The molecule has 0 spiro atoms. The van der Waals surface area contributed by atoms with Crippen molar-refractivity contribution >= 4 is 34.2 Å². The molecule has 0 aliphatic carbocycles. The Morgan fingerprint density at radius 1 is 1.16 bits per heavy atom. The molecule has 0 radical (unpaired) electrons. The zero-order chi connectivity index (χ0) is 18.0. The van der Waals surface area contributed by atoms with Crippen LogP contribution in [0.2, 0.25) is 5.02 Å². The van der Waals surface area contributed by atoms with Crippen molar-refractivity contribution in [2.24, 2.45) is 0 Å². The molecule has 2 amide bonds. The summed E-state index contributed by atoms with van der Waals surface area (Å²) < 4.78 is 0. The van der Waals surface area contributed by atoms with Crippen LogP contribution in [0.25, 0.3) is 10.9 Å². The highest BCUT2D eigenvalue weighted by Crippen LogP contribution is 2.18. The molecule has 0 aliphatic heterocycles. The largest absolute Gasteiger partial charge is 0.334 e. The van der Waals surface area contributed by atoms with Crippen LogP contribution < -0.4 is 16.2 Å². The highest BCUT2D eigenvalue weighted by Gasteiger charge is 2.08. The van der Waals surface area contributed by atoms with Crippen molar-refractivity contribution in [3.05, 3.63) is 74.5 Å². The maximum Gasteiger partial charge on any atom is 0.319 e. The topological polar surface area (TPSA) is 74.0 Å². The van der Waals surface area contributed by atoms with Gasteiger partial charge in [-0.05, 0) is 55.1 Å². The number of benzene rings is 2. The second-order valence-electron chi connectivity index (χ2n) is 5.99. The third-order valence-electron chi connectivity index (χ3n) is 3.89. The zero-order valence-corrected chi connectivity index (χ0v) is 14.7. The first-order valence-corrected chi connectivity index (χ1v) is 8.24. The molecule has 1 aromatic heterocycles. The molecule has 0 saturated carbocycles. The fourth-order valence-corrected chi connectivity index (χ4v) is 2.97. The quantitative estimate of drug-likeness (QED) is 0.661. The van der Waals surface area contributed by atoms with E-state index in [1.54, 1.807) is 24.3 Å². The first-order chi connectivity index (χ1) is 11.9. The van der Waals surface area contributed by atoms with Crippen LogP contribution >= 0.6 is 11.6 Å². The molecule has 0 unspecified atom stereocenters. The molecule has 0 fully saturated rings. The van der Waals surface area contributed by atoms with Gasteiger partial charge in [-0.15, -0.1) is 0 Å². The molecule has 128 valence electrons. The molecule has 1 heterocycles. The number of hydrogen-bond donors (Lipinski definition) is 3. The van der Waals surface area contributed by atoms with Crippen LogP contribution in [0.4, 0.5) is 10.5 Å². The van der Waals surface area contributed by atoms with Crippen molar-refractivity contribution in [2.75, 3.05) is 5.32 Å². The van der Waals surface area contributed by atoms with Gasteiger partial charge in [0.2, 0.25) is 0 Å². The van der Waals surface area contributed by atoms with E-state index in [0.717, 1.165) is 22.0 Å². The minimum absolute atomic E-state index is 0.130. The van der Waals surface area contributed by atoms with Crippen molar-refractivity contribution in [3.8, 4) is 0 Å². The third kappa shape index (κ3) is 4.00. The van der Waals surface area contributed by atoms with Crippen LogP contribution in [0.5, 0.6) is 0 Å². The number of anilines is 1. The summed E-state index contributed by atoms with van der Waals surface area (Å²) in [4.78, 5) is 27.1. The van der Waals surface area contributed by atoms with Gasteiger partial charge >= 0.3 is 6.03 Å². The van der Waals surface area contributed by atoms with Gasteiger partial charge in [0.15, 0.2) is 0 Å². The highest BCUT2D eigenvalue weighted by molar-refractivity contribution is 6.30. The molecule has 3 rings (SSSR count). The molecule has 2 aromatic carbocycles. The summed E-state index contributed by atoms with van der Waals surface area (Å²) in [5, 5.41) is 6.85. The number of aromatic amines is 1. The third-order valence-corrected chi connectivity index (χ3v) is 4.13. The Kier molecular flexibility index (Phi) is 4.76. The van der Waals surface area contributed by atoms with Crippen molar-refractivity contribution in [1.29, 1.82) is 0 Å². The standard InChI is InChI=1S/C19H18ClN3O2/c1-11-6-12(2)17-13(7-11)8-14(18(24)23-17)10-21-19(25)22-16-5-3-4-15(20)9-16/h3-9H,10H2,1-2H3,(H,23,24)(H2,21,22,25). The fourth-order valence-electron chi connectivity index (χ4n) is 2.78. The Morgan fingerprint density at radius 3 is 2.72 bits per heavy atom. The minimum Gasteiger partial charge on any atom is -0.334 e. The van der Waals surface area contributed by atoms with Crippen LogP contribution in [-0.4, -0.2) is 11.0 Å². The number of carbonyl (C=O) groups excluding carboxylic acids is 1. The van der Waals surface area contributed by atoms with Gasteiger partial charge in [0.05, 0.1) is 5.52 Å². The highest BCUT2D eigenvalue weighted by atomic mass is 35.5. The molecule has 3 N–H and O–H groups in total. The Hall–Kier alpha value is -2.79. The lowest BCUT2D eigenvalue weighted by molar-refractivity contribution is 0.251. The van der Waals surface area contributed by atoms with Gasteiger partial charge in [-0.3, -0.25) is 4.79 Å². The van der Waals surface area contributed by atoms with Crippen molar-refractivity contribution in [3.63, 3.8) is 0 Å². The number of aryl methyl sites for hydroxylation is 2. The van der Waals surface area contributed by atoms with Gasteiger partial charge in [0.1, 0.15) is 0 Å². The molecule has 0 atom stereocenters. The molecular formula is C19H18ClN3O2. The summed E-state index contributed by atoms with van der Waals surface area (Å²) in [7, 11) is 0. The fraction of sp³-hybridized carbons (Fsp3) is 0.158. The summed E-state index contributed by atoms with van der Waals surface area (Å²) in [6.45, 7) is 4.10. The van der Waals surface area contributed by atoms with E-state index in [9.17, 15) is 9.59 Å². The number of rotatable bonds is 3. The number of nitrogens with one attached hydrogen (secondary N) is 3. The predicted octanol–water partition coefficient (Wildman–Crippen LogP) is 4.12. The van der Waals surface area contributed by atoms with E-state index in [0.29, 0.717) is 16.3 Å². The molecule has 25 heavy (non-hydrogen) atoms. The Balaban J connectivity index is 1.75. The second-order valence-corrected chi connectivity index (χ2v) is 6.42. The van der Waals surface area contributed by atoms with Crippen LogP contribution in [-0.2, 0) is 6.54 Å². The predicted molar refractivity (Wildman–Crippen MR) is 101 cm³/mol. The van der Waals surface area contributed by atoms with Crippen molar-refractivity contribution < 1.29 is 4.79 Å². The van der Waals surface area contributed by atoms with Gasteiger partial charge in [-0.2, -0.15) is 0 Å². The number of hydrogen-bond acceptors (Lipinski definition) is 2. The van der Waals surface area contributed by atoms with Crippen LogP contribution in [0.1, 0.15) is 16.7 Å². The molecule has 0 saturated heterocycles. The second kappa shape index (κ2) is 6.99. The maximum atomic E-state index is 12.2. The lowest BCUT2D eigenvalue weighted by Crippen LogP contribution is -2.30. The minimum atomic E-state index is -0.401. The smallest absolute Gasteiger partial charge is 0.319 e. The van der Waals surface area contributed by atoms with E-state index in [-0.39, 0.29) is 12.1 Å². The first-order valence-electron chi connectivity index (χ1n) is 7.86. The van der Waals surface area contributed by atoms with Crippen LogP contribution in [0.3, 0.4) is 0 Å². The summed E-state index contributed by atoms with van der Waals surface area (Å²) in [5.74, 6) is 0. The van der Waals surface area contributed by atoms with Gasteiger partial charge in [-0.1, -0.05) is 29.3 Å². The monoisotopic (exact) mass is 355 g/mol. The lowest BCUT2D eigenvalue weighted by Gasteiger charge is -2.09. The van der Waals surface area contributed by atoms with E-state index < -0.39 is 6.03 Å². The van der Waals surface area contributed by atoms with E-state index in [4.69, 9.17) is 11.6 Å². The SMILES string of the molecule is Cc1cc(C)c2[nH]c(=O)c(CNC(=O)Nc3cccc(Cl)c3)cc2c1. The molecule has 6 heteroatoms. The number of H-pyrrole nitrogens is 1. The Bertz CT molecular complexity index is 1010. The number of pyridine rings is 1. The van der Waals surface area contributed by atoms with E-state index in [1.807, 2.05) is 32.0 Å². The first kappa shape index (κ1) is 17.0.